The normalized spacial score (nSPS) is 15.8. The number of piperazine rings is 1. The third kappa shape index (κ3) is 3.12. The monoisotopic (exact) mass is 295 g/mol. The molecule has 0 atom stereocenters. The average Bonchev–Trinajstić information content (AvgIpc) is 2.55. The molecule has 0 radical (unpaired) electrons. The van der Waals surface area contributed by atoms with Crippen LogP contribution in [0.4, 0.5) is 5.69 Å². The number of anilines is 1. The lowest BCUT2D eigenvalue weighted by atomic mass is 10.0. The molecule has 4 nitrogen and oxygen atoms in total. The van der Waals surface area contributed by atoms with Crippen LogP contribution in [0.3, 0.4) is 0 Å². The topological polar surface area (TPSA) is 49.6 Å². The highest BCUT2D eigenvalue weighted by Gasteiger charge is 2.20. The third-order valence-corrected chi connectivity index (χ3v) is 4.14. The van der Waals surface area contributed by atoms with Gasteiger partial charge in [-0.1, -0.05) is 24.3 Å². The van der Waals surface area contributed by atoms with Gasteiger partial charge in [-0.2, -0.15) is 0 Å². The highest BCUT2D eigenvalue weighted by Crippen LogP contribution is 2.22. The van der Waals surface area contributed by atoms with Crippen LogP contribution in [0, 0.1) is 0 Å². The first-order valence-electron chi connectivity index (χ1n) is 7.57. The maximum absolute atomic E-state index is 12.5. The first kappa shape index (κ1) is 14.6. The summed E-state index contributed by atoms with van der Waals surface area (Å²) < 4.78 is 0. The minimum absolute atomic E-state index is 0.118. The molecule has 0 saturated carbocycles. The van der Waals surface area contributed by atoms with Crippen molar-refractivity contribution in [2.24, 2.45) is 0 Å². The van der Waals surface area contributed by atoms with Crippen LogP contribution < -0.4 is 5.73 Å². The number of benzene rings is 2. The highest BCUT2D eigenvalue weighted by molar-refractivity contribution is 5.94. The molecule has 1 saturated heterocycles. The van der Waals surface area contributed by atoms with E-state index >= 15 is 0 Å². The second kappa shape index (κ2) is 6.20. The van der Waals surface area contributed by atoms with Crippen molar-refractivity contribution in [1.29, 1.82) is 0 Å². The number of nitrogen functional groups attached to an aromatic ring is 1. The van der Waals surface area contributed by atoms with Crippen molar-refractivity contribution < 1.29 is 4.79 Å². The lowest BCUT2D eigenvalue weighted by molar-refractivity contribution is 0.0664. The Labute approximate surface area is 131 Å². The van der Waals surface area contributed by atoms with Gasteiger partial charge < -0.3 is 15.5 Å². The van der Waals surface area contributed by atoms with Crippen molar-refractivity contribution >= 4 is 11.6 Å². The molecule has 0 aromatic heterocycles. The van der Waals surface area contributed by atoms with Gasteiger partial charge in [0.1, 0.15) is 0 Å². The van der Waals surface area contributed by atoms with E-state index in [4.69, 9.17) is 5.73 Å². The van der Waals surface area contributed by atoms with Crippen LogP contribution in [0.1, 0.15) is 10.4 Å². The molecule has 0 unspecified atom stereocenters. The molecule has 1 heterocycles. The van der Waals surface area contributed by atoms with Crippen LogP contribution in [-0.2, 0) is 0 Å². The summed E-state index contributed by atoms with van der Waals surface area (Å²) >= 11 is 0. The van der Waals surface area contributed by atoms with Gasteiger partial charge in [0, 0.05) is 37.4 Å². The van der Waals surface area contributed by atoms with Gasteiger partial charge in [0.25, 0.3) is 5.91 Å². The summed E-state index contributed by atoms with van der Waals surface area (Å²) in [6.07, 6.45) is 0. The van der Waals surface area contributed by atoms with E-state index in [0.29, 0.717) is 0 Å². The van der Waals surface area contributed by atoms with Crippen LogP contribution in [0.5, 0.6) is 0 Å². The highest BCUT2D eigenvalue weighted by atomic mass is 16.2. The Morgan fingerprint density at radius 2 is 1.64 bits per heavy atom. The SMILES string of the molecule is CN1CCN(C(=O)c2ccc(-c3cccc(N)c3)cc2)CC1. The number of carbonyl (C=O) groups excluding carboxylic acids is 1. The zero-order valence-corrected chi connectivity index (χ0v) is 12.8. The van der Waals surface area contributed by atoms with Crippen LogP contribution in [0.25, 0.3) is 11.1 Å². The molecule has 114 valence electrons. The molecule has 1 fully saturated rings. The standard InChI is InChI=1S/C18H21N3O/c1-20-9-11-21(12-10-20)18(22)15-7-5-14(6-8-15)16-3-2-4-17(19)13-16/h2-8,13H,9-12,19H2,1H3. The molecule has 2 aromatic rings. The zero-order chi connectivity index (χ0) is 15.5. The van der Waals surface area contributed by atoms with Gasteiger partial charge in [0.2, 0.25) is 0 Å². The summed E-state index contributed by atoms with van der Waals surface area (Å²) in [6, 6.07) is 15.5. The van der Waals surface area contributed by atoms with Gasteiger partial charge in [0.15, 0.2) is 0 Å². The predicted octanol–water partition coefficient (Wildman–Crippen LogP) is 2.32. The Balaban J connectivity index is 1.75. The van der Waals surface area contributed by atoms with Crippen molar-refractivity contribution in [2.75, 3.05) is 39.0 Å². The maximum Gasteiger partial charge on any atom is 0.253 e. The summed E-state index contributed by atoms with van der Waals surface area (Å²) in [4.78, 5) is 16.7. The predicted molar refractivity (Wildman–Crippen MR) is 89.7 cm³/mol. The number of hydrogen-bond acceptors (Lipinski definition) is 3. The molecular formula is C18H21N3O. The minimum Gasteiger partial charge on any atom is -0.399 e. The second-order valence-electron chi connectivity index (χ2n) is 5.80. The Bertz CT molecular complexity index is 658. The Morgan fingerprint density at radius 1 is 0.955 bits per heavy atom. The molecular weight excluding hydrogens is 274 g/mol. The molecule has 1 aliphatic rings. The van der Waals surface area contributed by atoms with Crippen molar-refractivity contribution in [3.8, 4) is 11.1 Å². The van der Waals surface area contributed by atoms with E-state index in [1.807, 2.05) is 53.4 Å². The number of amides is 1. The summed E-state index contributed by atoms with van der Waals surface area (Å²) in [5.74, 6) is 0.118. The largest absolute Gasteiger partial charge is 0.399 e. The molecule has 22 heavy (non-hydrogen) atoms. The van der Waals surface area contributed by atoms with E-state index in [2.05, 4.69) is 11.9 Å². The van der Waals surface area contributed by atoms with E-state index in [1.165, 1.54) is 0 Å². The van der Waals surface area contributed by atoms with E-state index in [-0.39, 0.29) is 5.91 Å². The first-order valence-corrected chi connectivity index (χ1v) is 7.57. The average molecular weight is 295 g/mol. The number of rotatable bonds is 2. The molecule has 2 aromatic carbocycles. The Kier molecular flexibility index (Phi) is 4.11. The quantitative estimate of drug-likeness (QED) is 0.865. The van der Waals surface area contributed by atoms with Crippen molar-refractivity contribution in [2.45, 2.75) is 0 Å². The first-order chi connectivity index (χ1) is 10.6. The van der Waals surface area contributed by atoms with E-state index in [0.717, 1.165) is 48.6 Å². The summed E-state index contributed by atoms with van der Waals surface area (Å²) in [5.41, 5.74) is 9.45. The van der Waals surface area contributed by atoms with Crippen LogP contribution in [0.15, 0.2) is 48.5 Å². The van der Waals surface area contributed by atoms with Gasteiger partial charge in [-0.15, -0.1) is 0 Å². The van der Waals surface area contributed by atoms with Gasteiger partial charge >= 0.3 is 0 Å². The molecule has 3 rings (SSSR count). The fourth-order valence-electron chi connectivity index (χ4n) is 2.72. The molecule has 0 aliphatic carbocycles. The van der Waals surface area contributed by atoms with Crippen LogP contribution in [0.2, 0.25) is 0 Å². The zero-order valence-electron chi connectivity index (χ0n) is 12.8. The summed E-state index contributed by atoms with van der Waals surface area (Å²) in [7, 11) is 2.09. The van der Waals surface area contributed by atoms with Crippen molar-refractivity contribution in [1.82, 2.24) is 9.80 Å². The molecule has 4 heteroatoms. The molecule has 1 amide bonds. The Hall–Kier alpha value is -2.33. The Morgan fingerprint density at radius 3 is 2.27 bits per heavy atom. The number of carbonyl (C=O) groups is 1. The van der Waals surface area contributed by atoms with Gasteiger partial charge in [-0.3, -0.25) is 4.79 Å². The lowest BCUT2D eigenvalue weighted by Crippen LogP contribution is -2.47. The number of nitrogens with two attached hydrogens (primary N) is 1. The summed E-state index contributed by atoms with van der Waals surface area (Å²) in [6.45, 7) is 3.47. The fourth-order valence-corrected chi connectivity index (χ4v) is 2.72. The second-order valence-corrected chi connectivity index (χ2v) is 5.80. The van der Waals surface area contributed by atoms with E-state index in [1.54, 1.807) is 0 Å². The lowest BCUT2D eigenvalue weighted by Gasteiger charge is -2.32. The fraction of sp³-hybridized carbons (Fsp3) is 0.278. The van der Waals surface area contributed by atoms with Crippen molar-refractivity contribution in [3.63, 3.8) is 0 Å². The molecule has 2 N–H and O–H groups in total. The summed E-state index contributed by atoms with van der Waals surface area (Å²) in [5, 5.41) is 0. The van der Waals surface area contributed by atoms with Crippen molar-refractivity contribution in [3.05, 3.63) is 54.1 Å². The van der Waals surface area contributed by atoms with Gasteiger partial charge in [0.05, 0.1) is 0 Å². The third-order valence-electron chi connectivity index (χ3n) is 4.14. The molecule has 1 aliphatic heterocycles. The van der Waals surface area contributed by atoms with E-state index < -0.39 is 0 Å². The molecule has 0 spiro atoms. The number of nitrogens with zero attached hydrogens (tertiary/aromatic N) is 2. The maximum atomic E-state index is 12.5. The van der Waals surface area contributed by atoms with Gasteiger partial charge in [-0.05, 0) is 42.4 Å². The van der Waals surface area contributed by atoms with Crippen LogP contribution in [-0.4, -0.2) is 48.9 Å². The smallest absolute Gasteiger partial charge is 0.253 e. The van der Waals surface area contributed by atoms with Crippen LogP contribution >= 0.6 is 0 Å². The minimum atomic E-state index is 0.118. The number of hydrogen-bond donors (Lipinski definition) is 1. The molecule has 0 bridgehead atoms. The van der Waals surface area contributed by atoms with Gasteiger partial charge in [-0.25, -0.2) is 0 Å². The number of likely N-dealkylation sites (N-methyl/N-ethyl adjacent to an activating group) is 1. The van der Waals surface area contributed by atoms with E-state index in [9.17, 15) is 4.79 Å².